The molecule has 1 saturated carbocycles. The number of rotatable bonds is 3. The molecule has 2 aromatic rings. The van der Waals surface area contributed by atoms with E-state index >= 15 is 0 Å². The molecule has 1 aliphatic carbocycles. The third-order valence-electron chi connectivity index (χ3n) is 4.04. The van der Waals surface area contributed by atoms with Crippen LogP contribution in [0.15, 0.2) is 28.8 Å². The Morgan fingerprint density at radius 3 is 2.27 bits per heavy atom. The Balaban J connectivity index is 1.97. The third-order valence-corrected chi connectivity index (χ3v) is 4.04. The molecule has 1 aromatic heterocycles. The molecule has 22 heavy (non-hydrogen) atoms. The summed E-state index contributed by atoms with van der Waals surface area (Å²) in [6, 6.07) is 4.90. The number of carbonyl (C=O) groups excluding carboxylic acids is 1. The summed E-state index contributed by atoms with van der Waals surface area (Å²) in [5.74, 6) is -0.846. The van der Waals surface area contributed by atoms with Crippen molar-refractivity contribution in [2.75, 3.05) is 0 Å². The lowest BCUT2D eigenvalue weighted by molar-refractivity contribution is -0.137. The standard InChI is InChI=1S/C14H12F3N3O2/c15-14(16,17)9-4-2-8(3-5-9)13(6-1-7-13)12-19-11(10(18)21)22-20-12/h2-5H,1,6-7H2,(H2,18,21). The van der Waals surface area contributed by atoms with Crippen LogP contribution in [0.25, 0.3) is 0 Å². The van der Waals surface area contributed by atoms with Gasteiger partial charge in [-0.1, -0.05) is 23.7 Å². The number of alkyl halides is 3. The van der Waals surface area contributed by atoms with E-state index in [-0.39, 0.29) is 11.7 Å². The minimum Gasteiger partial charge on any atom is -0.361 e. The summed E-state index contributed by atoms with van der Waals surface area (Å²) in [5, 5.41) is 3.77. The van der Waals surface area contributed by atoms with Crippen molar-refractivity contribution in [3.63, 3.8) is 0 Å². The first-order valence-electron chi connectivity index (χ1n) is 6.65. The highest BCUT2D eigenvalue weighted by molar-refractivity contribution is 5.87. The quantitative estimate of drug-likeness (QED) is 0.944. The maximum atomic E-state index is 12.6. The van der Waals surface area contributed by atoms with E-state index in [4.69, 9.17) is 10.3 Å². The van der Waals surface area contributed by atoms with Crippen molar-refractivity contribution in [3.05, 3.63) is 47.1 Å². The number of halogens is 3. The number of hydrogen-bond donors (Lipinski definition) is 1. The van der Waals surface area contributed by atoms with Gasteiger partial charge in [-0.3, -0.25) is 4.79 Å². The van der Waals surface area contributed by atoms with Crippen molar-refractivity contribution in [3.8, 4) is 0 Å². The zero-order chi connectivity index (χ0) is 16.0. The Morgan fingerprint density at radius 1 is 1.23 bits per heavy atom. The van der Waals surface area contributed by atoms with Crippen molar-refractivity contribution >= 4 is 5.91 Å². The molecule has 3 rings (SSSR count). The van der Waals surface area contributed by atoms with Crippen LogP contribution in [0, 0.1) is 0 Å². The van der Waals surface area contributed by atoms with E-state index in [1.807, 2.05) is 0 Å². The van der Waals surface area contributed by atoms with Gasteiger partial charge in [-0.05, 0) is 30.5 Å². The molecule has 0 radical (unpaired) electrons. The van der Waals surface area contributed by atoms with Crippen LogP contribution in [-0.4, -0.2) is 16.0 Å². The molecule has 116 valence electrons. The fraction of sp³-hybridized carbons (Fsp3) is 0.357. The van der Waals surface area contributed by atoms with Gasteiger partial charge < -0.3 is 10.3 Å². The first kappa shape index (κ1) is 14.6. The molecule has 0 spiro atoms. The molecule has 0 bridgehead atoms. The monoisotopic (exact) mass is 311 g/mol. The van der Waals surface area contributed by atoms with Gasteiger partial charge in [0.25, 0.3) is 0 Å². The molecule has 0 unspecified atom stereocenters. The summed E-state index contributed by atoms with van der Waals surface area (Å²) in [6.45, 7) is 0. The molecular weight excluding hydrogens is 299 g/mol. The molecule has 0 atom stereocenters. The summed E-state index contributed by atoms with van der Waals surface area (Å²) in [5.41, 5.74) is 4.42. The maximum Gasteiger partial charge on any atom is 0.416 e. The normalized spacial score (nSPS) is 17.0. The number of amides is 1. The number of nitrogens with zero attached hydrogens (tertiary/aromatic N) is 2. The van der Waals surface area contributed by atoms with Gasteiger partial charge in [-0.15, -0.1) is 0 Å². The predicted octanol–water partition coefficient (Wildman–Crippen LogP) is 2.66. The van der Waals surface area contributed by atoms with E-state index in [2.05, 4.69) is 10.1 Å². The topological polar surface area (TPSA) is 82.0 Å². The smallest absolute Gasteiger partial charge is 0.361 e. The Morgan fingerprint density at radius 2 is 1.86 bits per heavy atom. The molecule has 2 N–H and O–H groups in total. The molecule has 1 fully saturated rings. The number of aromatic nitrogens is 2. The number of nitrogens with two attached hydrogens (primary N) is 1. The Labute approximate surface area is 123 Å². The minimum absolute atomic E-state index is 0.285. The van der Waals surface area contributed by atoms with Crippen LogP contribution >= 0.6 is 0 Å². The summed E-state index contributed by atoms with van der Waals surface area (Å²) in [7, 11) is 0. The first-order chi connectivity index (χ1) is 10.3. The number of primary amides is 1. The van der Waals surface area contributed by atoms with Crippen molar-refractivity contribution in [2.45, 2.75) is 30.9 Å². The van der Waals surface area contributed by atoms with E-state index < -0.39 is 23.1 Å². The van der Waals surface area contributed by atoms with Crippen molar-refractivity contribution in [1.29, 1.82) is 0 Å². The van der Waals surface area contributed by atoms with Gasteiger partial charge >= 0.3 is 18.0 Å². The average Bonchev–Trinajstić information content (AvgIpc) is 2.87. The molecule has 1 aliphatic rings. The van der Waals surface area contributed by atoms with E-state index in [1.54, 1.807) is 0 Å². The second-order valence-electron chi connectivity index (χ2n) is 5.30. The lowest BCUT2D eigenvalue weighted by Gasteiger charge is -2.39. The second kappa shape index (κ2) is 4.82. The maximum absolute atomic E-state index is 12.6. The van der Waals surface area contributed by atoms with Gasteiger partial charge in [-0.2, -0.15) is 18.2 Å². The van der Waals surface area contributed by atoms with Gasteiger partial charge in [0.1, 0.15) is 0 Å². The Bertz CT molecular complexity index is 703. The summed E-state index contributed by atoms with van der Waals surface area (Å²) in [4.78, 5) is 15.0. The van der Waals surface area contributed by atoms with E-state index in [9.17, 15) is 18.0 Å². The summed E-state index contributed by atoms with van der Waals surface area (Å²) >= 11 is 0. The van der Waals surface area contributed by atoms with Crippen molar-refractivity contribution in [2.24, 2.45) is 5.73 Å². The second-order valence-corrected chi connectivity index (χ2v) is 5.30. The molecule has 5 nitrogen and oxygen atoms in total. The minimum atomic E-state index is -4.38. The highest BCUT2D eigenvalue weighted by atomic mass is 19.4. The SMILES string of the molecule is NC(=O)c1nc(C2(c3ccc(C(F)(F)F)cc3)CCC2)no1. The van der Waals surface area contributed by atoms with E-state index in [0.717, 1.165) is 18.6 Å². The molecule has 0 saturated heterocycles. The first-order valence-corrected chi connectivity index (χ1v) is 6.65. The van der Waals surface area contributed by atoms with Crippen LogP contribution < -0.4 is 5.73 Å². The van der Waals surface area contributed by atoms with Crippen molar-refractivity contribution < 1.29 is 22.5 Å². The number of carbonyl (C=O) groups is 1. The zero-order valence-electron chi connectivity index (χ0n) is 11.4. The van der Waals surface area contributed by atoms with Crippen LogP contribution in [0.2, 0.25) is 0 Å². The molecule has 0 aliphatic heterocycles. The third kappa shape index (κ3) is 2.24. The van der Waals surface area contributed by atoms with Crippen LogP contribution in [0.5, 0.6) is 0 Å². The lowest BCUT2D eigenvalue weighted by atomic mass is 9.64. The lowest BCUT2D eigenvalue weighted by Crippen LogP contribution is -2.36. The van der Waals surface area contributed by atoms with Gasteiger partial charge in [0.2, 0.25) is 0 Å². The summed E-state index contributed by atoms with van der Waals surface area (Å²) in [6.07, 6.45) is -2.13. The fourth-order valence-corrected chi connectivity index (χ4v) is 2.67. The highest BCUT2D eigenvalue weighted by Crippen LogP contribution is 2.48. The average molecular weight is 311 g/mol. The van der Waals surface area contributed by atoms with E-state index in [1.165, 1.54) is 12.1 Å². The highest BCUT2D eigenvalue weighted by Gasteiger charge is 2.45. The molecule has 8 heteroatoms. The molecular formula is C14H12F3N3O2. The van der Waals surface area contributed by atoms with Crippen LogP contribution in [0.3, 0.4) is 0 Å². The van der Waals surface area contributed by atoms with Crippen molar-refractivity contribution in [1.82, 2.24) is 10.1 Å². The van der Waals surface area contributed by atoms with E-state index in [0.29, 0.717) is 18.4 Å². The Hall–Kier alpha value is -2.38. The predicted molar refractivity (Wildman–Crippen MR) is 68.9 cm³/mol. The largest absolute Gasteiger partial charge is 0.416 e. The van der Waals surface area contributed by atoms with Gasteiger partial charge in [0.15, 0.2) is 5.82 Å². The molecule has 1 aromatic carbocycles. The summed E-state index contributed by atoms with van der Waals surface area (Å²) < 4.78 is 42.7. The van der Waals surface area contributed by atoms with Gasteiger partial charge in [0, 0.05) is 0 Å². The fourth-order valence-electron chi connectivity index (χ4n) is 2.67. The Kier molecular flexibility index (Phi) is 3.19. The van der Waals surface area contributed by atoms with Gasteiger partial charge in [-0.25, -0.2) is 0 Å². The number of benzene rings is 1. The van der Waals surface area contributed by atoms with Crippen LogP contribution in [0.1, 0.15) is 46.9 Å². The van der Waals surface area contributed by atoms with Crippen LogP contribution in [-0.2, 0) is 11.6 Å². The van der Waals surface area contributed by atoms with Crippen LogP contribution in [0.4, 0.5) is 13.2 Å². The molecule has 1 heterocycles. The zero-order valence-corrected chi connectivity index (χ0v) is 11.4. The molecule has 1 amide bonds. The number of hydrogen-bond acceptors (Lipinski definition) is 4. The van der Waals surface area contributed by atoms with Gasteiger partial charge in [0.05, 0.1) is 11.0 Å².